The Morgan fingerprint density at radius 1 is 1.10 bits per heavy atom. The number of carbonyl (C=O) groups is 1. The zero-order valence-electron chi connectivity index (χ0n) is 15.0. The maximum atomic E-state index is 13.1. The maximum absolute atomic E-state index is 13.1. The number of pyridine rings is 1. The molecule has 146 valence electrons. The molecular formula is C20H15ClN4O3S. The molecule has 3 heterocycles. The van der Waals surface area contributed by atoms with Crippen molar-refractivity contribution in [1.82, 2.24) is 14.1 Å². The minimum Gasteiger partial charge on any atom is -0.324 e. The van der Waals surface area contributed by atoms with Crippen LogP contribution in [0.3, 0.4) is 0 Å². The molecule has 0 unspecified atom stereocenters. The van der Waals surface area contributed by atoms with E-state index in [-0.39, 0.29) is 18.6 Å². The first-order valence-corrected chi connectivity index (χ1v) is 9.95. The molecule has 0 aliphatic rings. The van der Waals surface area contributed by atoms with Crippen LogP contribution in [0.5, 0.6) is 0 Å². The van der Waals surface area contributed by atoms with Crippen LogP contribution in [0.25, 0.3) is 11.0 Å². The van der Waals surface area contributed by atoms with E-state index in [1.165, 1.54) is 22.1 Å². The van der Waals surface area contributed by atoms with Crippen LogP contribution in [0.2, 0.25) is 5.02 Å². The highest BCUT2D eigenvalue weighted by molar-refractivity contribution is 7.09. The summed E-state index contributed by atoms with van der Waals surface area (Å²) >= 11 is 7.39. The molecule has 0 saturated carbocycles. The van der Waals surface area contributed by atoms with Gasteiger partial charge in [-0.05, 0) is 41.8 Å². The van der Waals surface area contributed by atoms with Crippen LogP contribution < -0.4 is 16.6 Å². The molecule has 1 N–H and O–H groups in total. The van der Waals surface area contributed by atoms with Gasteiger partial charge in [0, 0.05) is 21.8 Å². The van der Waals surface area contributed by atoms with Crippen molar-refractivity contribution in [3.8, 4) is 0 Å². The molecule has 4 aromatic rings. The number of hydrogen-bond donors (Lipinski definition) is 1. The van der Waals surface area contributed by atoms with Gasteiger partial charge in [-0.25, -0.2) is 9.78 Å². The van der Waals surface area contributed by atoms with Crippen molar-refractivity contribution in [3.05, 3.63) is 90.8 Å². The molecule has 1 aromatic carbocycles. The highest BCUT2D eigenvalue weighted by Gasteiger charge is 2.16. The van der Waals surface area contributed by atoms with Gasteiger partial charge < -0.3 is 5.32 Å². The largest absolute Gasteiger partial charge is 0.332 e. The molecule has 0 atom stereocenters. The molecule has 4 rings (SSSR count). The van der Waals surface area contributed by atoms with Gasteiger partial charge in [-0.3, -0.25) is 18.7 Å². The van der Waals surface area contributed by atoms with Gasteiger partial charge in [0.15, 0.2) is 5.52 Å². The Balaban J connectivity index is 1.75. The van der Waals surface area contributed by atoms with Crippen molar-refractivity contribution < 1.29 is 4.79 Å². The monoisotopic (exact) mass is 426 g/mol. The molecule has 7 nitrogen and oxygen atoms in total. The molecule has 0 radical (unpaired) electrons. The SMILES string of the molecule is O=C(Cn1c(=O)n(Cc2cccs2)c(=O)c2ncccc21)Nc1cccc(Cl)c1. The van der Waals surface area contributed by atoms with Crippen molar-refractivity contribution in [3.63, 3.8) is 0 Å². The lowest BCUT2D eigenvalue weighted by Crippen LogP contribution is -2.42. The van der Waals surface area contributed by atoms with E-state index in [9.17, 15) is 14.4 Å². The minimum absolute atomic E-state index is 0.123. The number of carbonyl (C=O) groups excluding carboxylic acids is 1. The third-order valence-electron chi connectivity index (χ3n) is 4.29. The van der Waals surface area contributed by atoms with Crippen molar-refractivity contribution >= 4 is 45.6 Å². The highest BCUT2D eigenvalue weighted by Crippen LogP contribution is 2.15. The quantitative estimate of drug-likeness (QED) is 0.531. The summed E-state index contributed by atoms with van der Waals surface area (Å²) in [6.45, 7) is -0.143. The van der Waals surface area contributed by atoms with Crippen LogP contribution in [0.1, 0.15) is 4.88 Å². The molecule has 0 bridgehead atoms. The van der Waals surface area contributed by atoms with E-state index in [4.69, 9.17) is 11.6 Å². The number of halogens is 1. The van der Waals surface area contributed by atoms with Crippen molar-refractivity contribution in [1.29, 1.82) is 0 Å². The molecule has 0 aliphatic carbocycles. The summed E-state index contributed by atoms with van der Waals surface area (Å²) in [4.78, 5) is 43.5. The number of fused-ring (bicyclic) bond motifs is 1. The Morgan fingerprint density at radius 3 is 2.72 bits per heavy atom. The van der Waals surface area contributed by atoms with E-state index in [1.807, 2.05) is 17.5 Å². The van der Waals surface area contributed by atoms with Crippen LogP contribution in [-0.4, -0.2) is 20.0 Å². The number of nitrogens with zero attached hydrogens (tertiary/aromatic N) is 3. The van der Waals surface area contributed by atoms with E-state index >= 15 is 0 Å². The summed E-state index contributed by atoms with van der Waals surface area (Å²) in [7, 11) is 0. The van der Waals surface area contributed by atoms with Crippen LogP contribution in [-0.2, 0) is 17.9 Å². The normalized spacial score (nSPS) is 10.9. The third-order valence-corrected chi connectivity index (χ3v) is 5.39. The van der Waals surface area contributed by atoms with Gasteiger partial charge in [0.05, 0.1) is 12.1 Å². The average Bonchev–Trinajstić information content (AvgIpc) is 3.22. The molecule has 0 saturated heterocycles. The van der Waals surface area contributed by atoms with E-state index in [0.29, 0.717) is 16.2 Å². The molecule has 9 heteroatoms. The number of anilines is 1. The first-order valence-electron chi connectivity index (χ1n) is 8.69. The fourth-order valence-electron chi connectivity index (χ4n) is 3.00. The van der Waals surface area contributed by atoms with Gasteiger partial charge in [-0.15, -0.1) is 11.3 Å². The number of amides is 1. The van der Waals surface area contributed by atoms with Crippen molar-refractivity contribution in [2.24, 2.45) is 0 Å². The second-order valence-electron chi connectivity index (χ2n) is 6.27. The van der Waals surface area contributed by atoms with Crippen LogP contribution in [0.15, 0.2) is 69.7 Å². The standard InChI is InChI=1S/C20H15ClN4O3S/c21-13-4-1-5-14(10-13)23-17(26)12-24-16-7-2-8-22-18(16)19(27)25(20(24)28)11-15-6-3-9-29-15/h1-10H,11-12H2,(H,23,26). The van der Waals surface area contributed by atoms with E-state index in [0.717, 1.165) is 9.44 Å². The summed E-state index contributed by atoms with van der Waals surface area (Å²) in [6, 6.07) is 13.6. The first-order chi connectivity index (χ1) is 14.0. The summed E-state index contributed by atoms with van der Waals surface area (Å²) in [5, 5.41) is 5.07. The fourth-order valence-corrected chi connectivity index (χ4v) is 3.89. The van der Waals surface area contributed by atoms with Gasteiger partial charge >= 0.3 is 5.69 Å². The summed E-state index contributed by atoms with van der Waals surface area (Å²) in [6.07, 6.45) is 1.49. The zero-order chi connectivity index (χ0) is 20.4. The van der Waals surface area contributed by atoms with E-state index in [1.54, 1.807) is 36.4 Å². The Bertz CT molecular complexity index is 1310. The van der Waals surface area contributed by atoms with Crippen molar-refractivity contribution in [2.45, 2.75) is 13.1 Å². The highest BCUT2D eigenvalue weighted by atomic mass is 35.5. The smallest absolute Gasteiger partial charge is 0.324 e. The van der Waals surface area contributed by atoms with Gasteiger partial charge in [0.2, 0.25) is 5.91 Å². The van der Waals surface area contributed by atoms with E-state index < -0.39 is 17.2 Å². The maximum Gasteiger partial charge on any atom is 0.332 e. The minimum atomic E-state index is -0.565. The number of rotatable bonds is 5. The van der Waals surface area contributed by atoms with Gasteiger partial charge in [0.1, 0.15) is 6.54 Å². The van der Waals surface area contributed by atoms with Crippen LogP contribution in [0.4, 0.5) is 5.69 Å². The summed E-state index contributed by atoms with van der Waals surface area (Å²) < 4.78 is 2.37. The lowest BCUT2D eigenvalue weighted by atomic mass is 10.3. The number of thiophene rings is 1. The number of aromatic nitrogens is 3. The second-order valence-corrected chi connectivity index (χ2v) is 7.74. The number of nitrogens with one attached hydrogen (secondary N) is 1. The van der Waals surface area contributed by atoms with Crippen molar-refractivity contribution in [2.75, 3.05) is 5.32 Å². The molecule has 0 aliphatic heterocycles. The molecular weight excluding hydrogens is 412 g/mol. The third kappa shape index (κ3) is 3.98. The zero-order valence-corrected chi connectivity index (χ0v) is 16.6. The Morgan fingerprint density at radius 2 is 1.97 bits per heavy atom. The number of hydrogen-bond acceptors (Lipinski definition) is 5. The van der Waals surface area contributed by atoms with Crippen LogP contribution in [0, 0.1) is 0 Å². The molecule has 1 amide bonds. The Labute approximate surface area is 173 Å². The summed E-state index contributed by atoms with van der Waals surface area (Å²) in [5.74, 6) is -0.416. The molecule has 0 spiro atoms. The van der Waals surface area contributed by atoms with Gasteiger partial charge in [-0.1, -0.05) is 23.7 Å². The molecule has 29 heavy (non-hydrogen) atoms. The van der Waals surface area contributed by atoms with Crippen LogP contribution >= 0.6 is 22.9 Å². The predicted octanol–water partition coefficient (Wildman–Crippen LogP) is 2.96. The summed E-state index contributed by atoms with van der Waals surface area (Å²) in [5.41, 5.74) is -0.0779. The van der Waals surface area contributed by atoms with E-state index in [2.05, 4.69) is 10.3 Å². The van der Waals surface area contributed by atoms with Gasteiger partial charge in [0.25, 0.3) is 5.56 Å². The Hall–Kier alpha value is -3.23. The molecule has 3 aromatic heterocycles. The fraction of sp³-hybridized carbons (Fsp3) is 0.100. The lowest BCUT2D eigenvalue weighted by Gasteiger charge is -2.13. The molecule has 0 fully saturated rings. The topological polar surface area (TPSA) is 86.0 Å². The lowest BCUT2D eigenvalue weighted by molar-refractivity contribution is -0.116. The predicted molar refractivity (Wildman–Crippen MR) is 114 cm³/mol. The Kier molecular flexibility index (Phi) is 5.28. The second kappa shape index (κ2) is 8.02. The number of benzene rings is 1. The van der Waals surface area contributed by atoms with Gasteiger partial charge in [-0.2, -0.15) is 0 Å². The average molecular weight is 427 g/mol. The first kappa shape index (κ1) is 19.1.